The van der Waals surface area contributed by atoms with Gasteiger partial charge in [-0.05, 0) is 21.9 Å². The van der Waals surface area contributed by atoms with E-state index in [1.165, 1.54) is 0 Å². The van der Waals surface area contributed by atoms with Crippen LogP contribution in [0.2, 0.25) is 0 Å². The number of nitrogens with one attached hydrogen (secondary N) is 1. The fourth-order valence-corrected chi connectivity index (χ4v) is 2.84. The lowest BCUT2D eigenvalue weighted by atomic mass is 9.98. The van der Waals surface area contributed by atoms with E-state index in [-0.39, 0.29) is 12.6 Å². The predicted molar refractivity (Wildman–Crippen MR) is 91.7 cm³/mol. The lowest BCUT2D eigenvalue weighted by Gasteiger charge is -2.21. The lowest BCUT2D eigenvalue weighted by Crippen LogP contribution is -2.28. The summed E-state index contributed by atoms with van der Waals surface area (Å²) in [6.07, 6.45) is 0. The van der Waals surface area contributed by atoms with Crippen molar-refractivity contribution in [3.8, 4) is 6.07 Å². The van der Waals surface area contributed by atoms with Crippen LogP contribution in [-0.2, 0) is 0 Å². The molecular formula is C20H18N2O. The lowest BCUT2D eigenvalue weighted by molar-refractivity contribution is 0.240. The zero-order valence-electron chi connectivity index (χ0n) is 12.7. The van der Waals surface area contributed by atoms with Crippen molar-refractivity contribution >= 4 is 10.8 Å². The highest BCUT2D eigenvalue weighted by molar-refractivity contribution is 5.86. The monoisotopic (exact) mass is 302 g/mol. The molecule has 3 aromatic carbocycles. The topological polar surface area (TPSA) is 56.0 Å². The quantitative estimate of drug-likeness (QED) is 0.755. The fourth-order valence-electron chi connectivity index (χ4n) is 2.84. The smallest absolute Gasteiger partial charge is 0.122 e. The highest BCUT2D eigenvalue weighted by atomic mass is 16.3. The van der Waals surface area contributed by atoms with Gasteiger partial charge in [0, 0.05) is 0 Å². The van der Waals surface area contributed by atoms with Gasteiger partial charge in [0.1, 0.15) is 6.04 Å². The maximum atomic E-state index is 9.71. The standard InChI is InChI=1S/C20H18N2O/c21-13-19(22-20(14-23)16-8-2-1-3-9-16)18-12-6-10-15-7-4-5-11-17(15)18/h1-12,19-20,22-23H,14H2/t19-,20+/m1/s1. The molecule has 3 nitrogen and oxygen atoms in total. The molecule has 2 atom stereocenters. The Balaban J connectivity index is 1.95. The van der Waals surface area contributed by atoms with Gasteiger partial charge >= 0.3 is 0 Å². The van der Waals surface area contributed by atoms with E-state index in [1.807, 2.05) is 72.8 Å². The Hall–Kier alpha value is -2.67. The third-order valence-corrected chi connectivity index (χ3v) is 4.02. The van der Waals surface area contributed by atoms with Gasteiger partial charge in [-0.15, -0.1) is 0 Å². The molecule has 114 valence electrons. The number of benzene rings is 3. The van der Waals surface area contributed by atoms with E-state index < -0.39 is 6.04 Å². The molecule has 0 fully saturated rings. The first-order chi connectivity index (χ1) is 11.3. The Bertz CT molecular complexity index is 818. The molecule has 0 spiro atoms. The van der Waals surface area contributed by atoms with Gasteiger partial charge in [-0.3, -0.25) is 5.32 Å². The van der Waals surface area contributed by atoms with E-state index in [9.17, 15) is 10.4 Å². The molecule has 0 amide bonds. The van der Waals surface area contributed by atoms with E-state index in [0.29, 0.717) is 0 Å². The molecule has 0 heterocycles. The SMILES string of the molecule is N#C[C@@H](N[C@@H](CO)c1ccccc1)c1cccc2ccccc12. The molecule has 0 bridgehead atoms. The van der Waals surface area contributed by atoms with Crippen LogP contribution in [0, 0.1) is 11.3 Å². The average Bonchev–Trinajstić information content (AvgIpc) is 2.63. The van der Waals surface area contributed by atoms with Crippen LogP contribution >= 0.6 is 0 Å². The van der Waals surface area contributed by atoms with Crippen molar-refractivity contribution in [3.63, 3.8) is 0 Å². The van der Waals surface area contributed by atoms with Gasteiger partial charge in [0.25, 0.3) is 0 Å². The summed E-state index contributed by atoms with van der Waals surface area (Å²) in [4.78, 5) is 0. The van der Waals surface area contributed by atoms with E-state index in [4.69, 9.17) is 0 Å². The maximum Gasteiger partial charge on any atom is 0.122 e. The number of aliphatic hydroxyl groups is 1. The van der Waals surface area contributed by atoms with E-state index in [1.54, 1.807) is 0 Å². The molecule has 0 aromatic heterocycles. The number of nitriles is 1. The summed E-state index contributed by atoms with van der Waals surface area (Å²) in [7, 11) is 0. The largest absolute Gasteiger partial charge is 0.394 e. The summed E-state index contributed by atoms with van der Waals surface area (Å²) in [6, 6.07) is 25.2. The van der Waals surface area contributed by atoms with Gasteiger partial charge in [0.05, 0.1) is 18.7 Å². The Morgan fingerprint density at radius 3 is 2.35 bits per heavy atom. The number of rotatable bonds is 5. The molecule has 3 rings (SSSR count). The van der Waals surface area contributed by atoms with Gasteiger partial charge in [-0.1, -0.05) is 72.8 Å². The molecule has 3 heteroatoms. The second-order valence-corrected chi connectivity index (χ2v) is 5.44. The van der Waals surface area contributed by atoms with Crippen molar-refractivity contribution < 1.29 is 5.11 Å². The molecule has 0 radical (unpaired) electrons. The van der Waals surface area contributed by atoms with Crippen LogP contribution in [0.4, 0.5) is 0 Å². The van der Waals surface area contributed by atoms with E-state index >= 15 is 0 Å². The van der Waals surface area contributed by atoms with Crippen LogP contribution in [0.25, 0.3) is 10.8 Å². The van der Waals surface area contributed by atoms with Gasteiger partial charge in [-0.2, -0.15) is 5.26 Å². The van der Waals surface area contributed by atoms with Gasteiger partial charge in [0.15, 0.2) is 0 Å². The molecule has 3 aromatic rings. The van der Waals surface area contributed by atoms with Crippen LogP contribution < -0.4 is 5.32 Å². The van der Waals surface area contributed by atoms with Crippen molar-refractivity contribution in [2.45, 2.75) is 12.1 Å². The zero-order chi connectivity index (χ0) is 16.1. The minimum Gasteiger partial charge on any atom is -0.394 e. The maximum absolute atomic E-state index is 9.71. The highest BCUT2D eigenvalue weighted by Crippen LogP contribution is 2.26. The first kappa shape index (κ1) is 15.2. The molecule has 0 unspecified atom stereocenters. The summed E-state index contributed by atoms with van der Waals surface area (Å²) < 4.78 is 0. The van der Waals surface area contributed by atoms with Crippen molar-refractivity contribution in [2.24, 2.45) is 0 Å². The highest BCUT2D eigenvalue weighted by Gasteiger charge is 2.19. The number of nitrogens with zero attached hydrogens (tertiary/aromatic N) is 1. The third kappa shape index (κ3) is 3.24. The number of hydrogen-bond acceptors (Lipinski definition) is 3. The molecule has 0 aliphatic carbocycles. The first-order valence-electron chi connectivity index (χ1n) is 7.62. The van der Waals surface area contributed by atoms with Crippen LogP contribution in [0.1, 0.15) is 23.2 Å². The van der Waals surface area contributed by atoms with Crippen LogP contribution in [0.5, 0.6) is 0 Å². The van der Waals surface area contributed by atoms with Crippen molar-refractivity contribution in [1.82, 2.24) is 5.32 Å². The van der Waals surface area contributed by atoms with Gasteiger partial charge < -0.3 is 5.11 Å². The molecule has 0 saturated carbocycles. The Kier molecular flexibility index (Phi) is 4.68. The second-order valence-electron chi connectivity index (χ2n) is 5.44. The van der Waals surface area contributed by atoms with Crippen LogP contribution in [0.15, 0.2) is 72.8 Å². The van der Waals surface area contributed by atoms with Crippen molar-refractivity contribution in [2.75, 3.05) is 6.61 Å². The Labute approximate surface area is 135 Å². The number of aliphatic hydroxyl groups excluding tert-OH is 1. The van der Waals surface area contributed by atoms with Crippen LogP contribution in [0.3, 0.4) is 0 Å². The number of hydrogen-bond donors (Lipinski definition) is 2. The van der Waals surface area contributed by atoms with Gasteiger partial charge in [0.2, 0.25) is 0 Å². The average molecular weight is 302 g/mol. The number of fused-ring (bicyclic) bond motifs is 1. The molecular weight excluding hydrogens is 284 g/mol. The molecule has 2 N–H and O–H groups in total. The molecule has 23 heavy (non-hydrogen) atoms. The Morgan fingerprint density at radius 2 is 1.61 bits per heavy atom. The van der Waals surface area contributed by atoms with Crippen molar-refractivity contribution in [1.29, 1.82) is 5.26 Å². The summed E-state index contributed by atoms with van der Waals surface area (Å²) in [6.45, 7) is -0.0625. The van der Waals surface area contributed by atoms with Gasteiger partial charge in [-0.25, -0.2) is 0 Å². The summed E-state index contributed by atoms with van der Waals surface area (Å²) >= 11 is 0. The molecule has 0 aliphatic rings. The summed E-state index contributed by atoms with van der Waals surface area (Å²) in [5.74, 6) is 0. The fraction of sp³-hybridized carbons (Fsp3) is 0.150. The molecule has 0 aliphatic heterocycles. The predicted octanol–water partition coefficient (Wildman–Crippen LogP) is 3.73. The van der Waals surface area contributed by atoms with E-state index in [2.05, 4.69) is 11.4 Å². The summed E-state index contributed by atoms with van der Waals surface area (Å²) in [5, 5.41) is 24.8. The molecule has 0 saturated heterocycles. The first-order valence-corrected chi connectivity index (χ1v) is 7.62. The minimum absolute atomic E-state index is 0.0625. The Morgan fingerprint density at radius 1 is 0.913 bits per heavy atom. The minimum atomic E-state index is -0.488. The second kappa shape index (κ2) is 7.06. The normalized spacial score (nSPS) is 13.4. The van der Waals surface area contributed by atoms with Crippen molar-refractivity contribution in [3.05, 3.63) is 83.9 Å². The van der Waals surface area contributed by atoms with Crippen LogP contribution in [-0.4, -0.2) is 11.7 Å². The summed E-state index contributed by atoms with van der Waals surface area (Å²) in [5.41, 5.74) is 1.90. The zero-order valence-corrected chi connectivity index (χ0v) is 12.7. The third-order valence-electron chi connectivity index (χ3n) is 4.02. The van der Waals surface area contributed by atoms with E-state index in [0.717, 1.165) is 21.9 Å².